The molecule has 51 heavy (non-hydrogen) atoms. The van der Waals surface area contributed by atoms with E-state index in [4.69, 9.17) is 19.9 Å². The van der Waals surface area contributed by atoms with Gasteiger partial charge in [-0.1, -0.05) is 146 Å². The van der Waals surface area contributed by atoms with Crippen LogP contribution in [0.3, 0.4) is 0 Å². The second kappa shape index (κ2) is 13.1. The highest BCUT2D eigenvalue weighted by Gasteiger charge is 2.18. The lowest BCUT2D eigenvalue weighted by molar-refractivity contribution is 1.07. The maximum absolute atomic E-state index is 5.08. The maximum atomic E-state index is 5.08. The molecule has 5 nitrogen and oxygen atoms in total. The predicted octanol–water partition coefficient (Wildman–Crippen LogP) is 11.2. The molecular formula is C46H31N5. The first kappa shape index (κ1) is 30.1. The molecule has 0 aliphatic heterocycles. The van der Waals surface area contributed by atoms with Crippen molar-refractivity contribution in [3.63, 3.8) is 0 Å². The summed E-state index contributed by atoms with van der Waals surface area (Å²) in [6.07, 6.45) is 2.08. The van der Waals surface area contributed by atoms with Crippen molar-refractivity contribution < 1.29 is 0 Å². The molecule has 0 atom stereocenters. The van der Waals surface area contributed by atoms with Crippen LogP contribution in [0.25, 0.3) is 84.6 Å². The molecule has 9 aromatic rings. The molecule has 0 saturated heterocycles. The third-order valence-electron chi connectivity index (χ3n) is 9.04. The second-order valence-corrected chi connectivity index (χ2v) is 12.4. The van der Waals surface area contributed by atoms with Gasteiger partial charge in [-0.15, -0.1) is 0 Å². The molecule has 240 valence electrons. The molecule has 0 N–H and O–H groups in total. The number of rotatable bonds is 7. The average Bonchev–Trinajstić information content (AvgIpc) is 3.62. The largest absolute Gasteiger partial charge is 0.299 e. The highest BCUT2D eigenvalue weighted by molar-refractivity contribution is 5.86. The Kier molecular flexibility index (Phi) is 7.76. The van der Waals surface area contributed by atoms with Gasteiger partial charge in [0.2, 0.25) is 0 Å². The molecule has 0 bridgehead atoms. The van der Waals surface area contributed by atoms with Crippen LogP contribution in [0.1, 0.15) is 0 Å². The van der Waals surface area contributed by atoms with Gasteiger partial charge in [0.25, 0.3) is 0 Å². The third kappa shape index (κ3) is 5.98. The standard InChI is InChI=1S/C46H31N5/c1-5-16-32(17-6-1)38-29-39(31-40(30-38)46-49-44(34-20-9-3-10-21-34)48-45(50-46)35-22-11-4-12-23-35)36-24-15-25-37(28-36)43-42(33-18-7-2-8-19-33)47-41-26-13-14-27-51(41)43/h1-31H. The Morgan fingerprint density at radius 2 is 0.725 bits per heavy atom. The lowest BCUT2D eigenvalue weighted by atomic mass is 9.94. The van der Waals surface area contributed by atoms with Crippen molar-refractivity contribution >= 4 is 5.65 Å². The van der Waals surface area contributed by atoms with Crippen molar-refractivity contribution in [2.45, 2.75) is 0 Å². The molecule has 6 aromatic carbocycles. The Hall–Kier alpha value is -6.98. The summed E-state index contributed by atoms with van der Waals surface area (Å²) < 4.78 is 2.17. The molecule has 0 amide bonds. The fourth-order valence-electron chi connectivity index (χ4n) is 6.57. The minimum atomic E-state index is 0.617. The van der Waals surface area contributed by atoms with E-state index in [1.807, 2.05) is 78.9 Å². The molecule has 0 fully saturated rings. The van der Waals surface area contributed by atoms with Gasteiger partial charge in [0.1, 0.15) is 5.65 Å². The van der Waals surface area contributed by atoms with E-state index >= 15 is 0 Å². The summed E-state index contributed by atoms with van der Waals surface area (Å²) in [7, 11) is 0. The van der Waals surface area contributed by atoms with E-state index in [-0.39, 0.29) is 0 Å². The van der Waals surface area contributed by atoms with Crippen LogP contribution in [0.2, 0.25) is 0 Å². The van der Waals surface area contributed by atoms with Crippen molar-refractivity contribution in [1.82, 2.24) is 24.3 Å². The normalized spacial score (nSPS) is 11.1. The predicted molar refractivity (Wildman–Crippen MR) is 207 cm³/mol. The summed E-state index contributed by atoms with van der Waals surface area (Å²) in [6, 6.07) is 62.5. The van der Waals surface area contributed by atoms with Crippen LogP contribution in [0.4, 0.5) is 0 Å². The van der Waals surface area contributed by atoms with Gasteiger partial charge in [0.05, 0.1) is 11.4 Å². The van der Waals surface area contributed by atoms with Gasteiger partial charge in [-0.3, -0.25) is 4.40 Å². The van der Waals surface area contributed by atoms with Crippen molar-refractivity contribution in [2.24, 2.45) is 0 Å². The number of hydrogen-bond acceptors (Lipinski definition) is 4. The summed E-state index contributed by atoms with van der Waals surface area (Å²) in [6.45, 7) is 0. The van der Waals surface area contributed by atoms with Crippen molar-refractivity contribution in [3.05, 3.63) is 188 Å². The van der Waals surface area contributed by atoms with E-state index in [1.165, 1.54) is 0 Å². The van der Waals surface area contributed by atoms with Gasteiger partial charge in [-0.25, -0.2) is 19.9 Å². The van der Waals surface area contributed by atoms with E-state index in [9.17, 15) is 0 Å². The number of pyridine rings is 1. The number of hydrogen-bond donors (Lipinski definition) is 0. The lowest BCUT2D eigenvalue weighted by Gasteiger charge is -2.13. The Morgan fingerprint density at radius 3 is 1.33 bits per heavy atom. The van der Waals surface area contributed by atoms with Crippen LogP contribution in [0.15, 0.2) is 188 Å². The van der Waals surface area contributed by atoms with Gasteiger partial charge in [-0.05, 0) is 58.7 Å². The van der Waals surface area contributed by atoms with Gasteiger partial charge in [0, 0.05) is 34.0 Å². The highest BCUT2D eigenvalue weighted by Crippen LogP contribution is 2.37. The second-order valence-electron chi connectivity index (χ2n) is 12.4. The SMILES string of the molecule is c1ccc(-c2cc(-c3cccc(-c4c(-c5ccccc5)nc5ccccn45)c3)cc(-c3nc(-c4ccccc4)nc(-c4ccccc4)n3)c2)cc1. The summed E-state index contributed by atoms with van der Waals surface area (Å²) in [5, 5.41) is 0. The van der Waals surface area contributed by atoms with Crippen LogP contribution >= 0.6 is 0 Å². The fraction of sp³-hybridized carbons (Fsp3) is 0. The summed E-state index contributed by atoms with van der Waals surface area (Å²) in [4.78, 5) is 20.1. The van der Waals surface area contributed by atoms with Gasteiger partial charge < -0.3 is 0 Å². The van der Waals surface area contributed by atoms with E-state index < -0.39 is 0 Å². The summed E-state index contributed by atoms with van der Waals surface area (Å²) in [5.74, 6) is 1.88. The lowest BCUT2D eigenvalue weighted by Crippen LogP contribution is -2.00. The van der Waals surface area contributed by atoms with Crippen LogP contribution in [-0.4, -0.2) is 24.3 Å². The Morgan fingerprint density at radius 1 is 0.294 bits per heavy atom. The van der Waals surface area contributed by atoms with Gasteiger partial charge >= 0.3 is 0 Å². The molecular weight excluding hydrogens is 623 g/mol. The molecule has 0 aliphatic rings. The highest BCUT2D eigenvalue weighted by atomic mass is 15.0. The zero-order chi connectivity index (χ0) is 34.0. The molecule has 9 rings (SSSR count). The molecule has 0 unspecified atom stereocenters. The van der Waals surface area contributed by atoms with E-state index in [1.54, 1.807) is 0 Å². The first-order chi connectivity index (χ1) is 25.3. The smallest absolute Gasteiger partial charge is 0.164 e. The van der Waals surface area contributed by atoms with E-state index in [2.05, 4.69) is 114 Å². The zero-order valence-electron chi connectivity index (χ0n) is 27.6. The van der Waals surface area contributed by atoms with Crippen LogP contribution in [-0.2, 0) is 0 Å². The van der Waals surface area contributed by atoms with Crippen LogP contribution in [0, 0.1) is 0 Å². The molecule has 3 heterocycles. The molecule has 3 aromatic heterocycles. The molecule has 0 saturated carbocycles. The zero-order valence-corrected chi connectivity index (χ0v) is 27.6. The third-order valence-corrected chi connectivity index (χ3v) is 9.04. The van der Waals surface area contributed by atoms with Gasteiger partial charge in [-0.2, -0.15) is 0 Å². The van der Waals surface area contributed by atoms with Gasteiger partial charge in [0.15, 0.2) is 17.5 Å². The first-order valence-corrected chi connectivity index (χ1v) is 17.0. The Bertz CT molecular complexity index is 2560. The van der Waals surface area contributed by atoms with E-state index in [0.717, 1.165) is 67.1 Å². The summed E-state index contributed by atoms with van der Waals surface area (Å²) in [5.41, 5.74) is 12.2. The molecule has 5 heteroatoms. The minimum Gasteiger partial charge on any atom is -0.299 e. The number of nitrogens with zero attached hydrogens (tertiary/aromatic N) is 5. The van der Waals surface area contributed by atoms with E-state index in [0.29, 0.717) is 17.5 Å². The topological polar surface area (TPSA) is 56.0 Å². The van der Waals surface area contributed by atoms with Crippen LogP contribution < -0.4 is 0 Å². The van der Waals surface area contributed by atoms with Crippen molar-refractivity contribution in [3.8, 4) is 78.9 Å². The van der Waals surface area contributed by atoms with Crippen molar-refractivity contribution in [1.29, 1.82) is 0 Å². The van der Waals surface area contributed by atoms with Crippen LogP contribution in [0.5, 0.6) is 0 Å². The van der Waals surface area contributed by atoms with Crippen molar-refractivity contribution in [2.75, 3.05) is 0 Å². The Balaban J connectivity index is 1.24. The number of benzene rings is 6. The summed E-state index contributed by atoms with van der Waals surface area (Å²) >= 11 is 0. The Labute approximate surface area is 296 Å². The fourth-order valence-corrected chi connectivity index (χ4v) is 6.57. The average molecular weight is 654 g/mol. The number of fused-ring (bicyclic) bond motifs is 1. The minimum absolute atomic E-state index is 0.617. The molecule has 0 radical (unpaired) electrons. The molecule has 0 spiro atoms. The number of aromatic nitrogens is 5. The maximum Gasteiger partial charge on any atom is 0.164 e. The monoisotopic (exact) mass is 653 g/mol. The number of imidazole rings is 1. The first-order valence-electron chi connectivity index (χ1n) is 17.0. The molecule has 0 aliphatic carbocycles. The quantitative estimate of drug-likeness (QED) is 0.172.